The smallest absolute Gasteiger partial charge is 0.337 e. The summed E-state index contributed by atoms with van der Waals surface area (Å²) in [5.74, 6) is -1.23. The van der Waals surface area contributed by atoms with Crippen molar-refractivity contribution in [1.82, 2.24) is 14.8 Å². The molecule has 0 amide bonds. The number of non-ortho nitro benzene ring substituents is 1. The van der Waals surface area contributed by atoms with Crippen LogP contribution in [0.4, 0.5) is 5.69 Å². The molecule has 0 fully saturated rings. The normalized spacial score (nSPS) is 10.4. The van der Waals surface area contributed by atoms with Gasteiger partial charge < -0.3 is 5.11 Å². The number of carboxylic acid groups (broad SMARTS) is 1. The van der Waals surface area contributed by atoms with Gasteiger partial charge in [0.15, 0.2) is 5.16 Å². The van der Waals surface area contributed by atoms with Crippen LogP contribution in [0.5, 0.6) is 0 Å². The highest BCUT2D eigenvalue weighted by Gasteiger charge is 2.18. The van der Waals surface area contributed by atoms with E-state index in [-0.39, 0.29) is 11.3 Å². The van der Waals surface area contributed by atoms with E-state index in [4.69, 9.17) is 5.11 Å². The first-order valence-electron chi connectivity index (χ1n) is 5.02. The zero-order chi connectivity index (χ0) is 14.0. The van der Waals surface area contributed by atoms with Crippen LogP contribution in [0.1, 0.15) is 10.4 Å². The number of aromatic carboxylic acids is 1. The quantitative estimate of drug-likeness (QED) is 0.668. The highest BCUT2D eigenvalue weighted by atomic mass is 32.2. The van der Waals surface area contributed by atoms with Crippen molar-refractivity contribution in [2.45, 2.75) is 10.1 Å². The first-order chi connectivity index (χ1) is 8.99. The van der Waals surface area contributed by atoms with Gasteiger partial charge in [-0.15, -0.1) is 0 Å². The summed E-state index contributed by atoms with van der Waals surface area (Å²) in [4.78, 5) is 25.5. The van der Waals surface area contributed by atoms with Gasteiger partial charge >= 0.3 is 5.97 Å². The molecular weight excluding hydrogens is 272 g/mol. The molecule has 9 heteroatoms. The number of nitro groups is 1. The Morgan fingerprint density at radius 2 is 2.26 bits per heavy atom. The number of benzene rings is 1. The molecule has 0 bridgehead atoms. The van der Waals surface area contributed by atoms with Gasteiger partial charge in [-0.1, -0.05) is 0 Å². The summed E-state index contributed by atoms with van der Waals surface area (Å²) in [5.41, 5.74) is -0.401. The third-order valence-corrected chi connectivity index (χ3v) is 3.40. The lowest BCUT2D eigenvalue weighted by Crippen LogP contribution is -2.01. The van der Waals surface area contributed by atoms with E-state index in [0.29, 0.717) is 10.1 Å². The Hall–Kier alpha value is -2.42. The van der Waals surface area contributed by atoms with Gasteiger partial charge in [-0.25, -0.2) is 14.5 Å². The lowest BCUT2D eigenvalue weighted by Gasteiger charge is -2.04. The molecule has 2 aromatic rings. The van der Waals surface area contributed by atoms with Gasteiger partial charge in [-0.05, 0) is 17.8 Å². The predicted octanol–water partition coefficient (Wildman–Crippen LogP) is 1.57. The number of nitrogens with zero attached hydrogens (tertiary/aromatic N) is 4. The number of nitro benzene ring substituents is 1. The molecule has 19 heavy (non-hydrogen) atoms. The van der Waals surface area contributed by atoms with Gasteiger partial charge in [0.1, 0.15) is 6.33 Å². The number of aryl methyl sites for hydroxylation is 1. The Bertz CT molecular complexity index is 655. The number of carbonyl (C=O) groups is 1. The molecule has 0 saturated carbocycles. The minimum Gasteiger partial charge on any atom is -0.478 e. The van der Waals surface area contributed by atoms with E-state index in [9.17, 15) is 14.9 Å². The minimum atomic E-state index is -1.23. The first kappa shape index (κ1) is 13.0. The van der Waals surface area contributed by atoms with E-state index in [1.165, 1.54) is 23.1 Å². The largest absolute Gasteiger partial charge is 0.478 e. The van der Waals surface area contributed by atoms with Crippen molar-refractivity contribution in [3.8, 4) is 0 Å². The number of hydrogen-bond acceptors (Lipinski definition) is 6. The minimum absolute atomic E-state index is 0.137. The molecule has 1 aromatic carbocycles. The third-order valence-electron chi connectivity index (χ3n) is 2.28. The van der Waals surface area contributed by atoms with Crippen LogP contribution in [0.3, 0.4) is 0 Å². The van der Waals surface area contributed by atoms with Crippen molar-refractivity contribution >= 4 is 23.4 Å². The molecule has 0 spiro atoms. The summed E-state index contributed by atoms with van der Waals surface area (Å²) in [5, 5.41) is 24.1. The van der Waals surface area contributed by atoms with Crippen molar-refractivity contribution in [3.05, 3.63) is 40.2 Å². The average molecular weight is 280 g/mol. The Morgan fingerprint density at radius 3 is 2.79 bits per heavy atom. The molecule has 8 nitrogen and oxygen atoms in total. The van der Waals surface area contributed by atoms with Crippen LogP contribution in [0.15, 0.2) is 34.6 Å². The second-order valence-electron chi connectivity index (χ2n) is 3.51. The van der Waals surface area contributed by atoms with Gasteiger partial charge in [-0.2, -0.15) is 5.10 Å². The molecule has 0 aliphatic carbocycles. The summed E-state index contributed by atoms with van der Waals surface area (Å²) in [6, 6.07) is 3.67. The summed E-state index contributed by atoms with van der Waals surface area (Å²) in [7, 11) is 1.67. The van der Waals surface area contributed by atoms with Crippen LogP contribution < -0.4 is 0 Å². The van der Waals surface area contributed by atoms with Crippen LogP contribution >= 0.6 is 11.8 Å². The van der Waals surface area contributed by atoms with E-state index in [1.54, 1.807) is 7.05 Å². The summed E-state index contributed by atoms with van der Waals surface area (Å²) in [6.45, 7) is 0. The highest BCUT2D eigenvalue weighted by molar-refractivity contribution is 7.99. The Labute approximate surface area is 111 Å². The Balaban J connectivity index is 2.43. The zero-order valence-corrected chi connectivity index (χ0v) is 10.5. The number of carboxylic acids is 1. The maximum Gasteiger partial charge on any atom is 0.337 e. The molecule has 1 aromatic heterocycles. The Kier molecular flexibility index (Phi) is 3.47. The molecule has 0 atom stereocenters. The maximum absolute atomic E-state index is 11.1. The predicted molar refractivity (Wildman–Crippen MR) is 65.2 cm³/mol. The summed E-state index contributed by atoms with van der Waals surface area (Å²) < 4.78 is 1.48. The van der Waals surface area contributed by atoms with Crippen molar-refractivity contribution in [2.75, 3.05) is 0 Å². The lowest BCUT2D eigenvalue weighted by molar-refractivity contribution is -0.384. The molecule has 0 radical (unpaired) electrons. The van der Waals surface area contributed by atoms with E-state index >= 15 is 0 Å². The van der Waals surface area contributed by atoms with E-state index < -0.39 is 10.9 Å². The van der Waals surface area contributed by atoms with Crippen molar-refractivity contribution in [3.63, 3.8) is 0 Å². The molecule has 98 valence electrons. The Morgan fingerprint density at radius 1 is 1.53 bits per heavy atom. The molecule has 0 aliphatic heterocycles. The molecule has 1 heterocycles. The van der Waals surface area contributed by atoms with E-state index in [0.717, 1.165) is 17.8 Å². The fraction of sp³-hybridized carbons (Fsp3) is 0.100. The van der Waals surface area contributed by atoms with E-state index in [1.807, 2.05) is 0 Å². The van der Waals surface area contributed by atoms with E-state index in [2.05, 4.69) is 10.1 Å². The number of rotatable bonds is 4. The third kappa shape index (κ3) is 2.71. The van der Waals surface area contributed by atoms with Crippen molar-refractivity contribution in [2.24, 2.45) is 7.05 Å². The molecule has 0 saturated heterocycles. The average Bonchev–Trinajstić information content (AvgIpc) is 2.75. The fourth-order valence-corrected chi connectivity index (χ4v) is 2.23. The van der Waals surface area contributed by atoms with Crippen LogP contribution in [0, 0.1) is 10.1 Å². The van der Waals surface area contributed by atoms with Crippen LogP contribution in [-0.4, -0.2) is 30.8 Å². The van der Waals surface area contributed by atoms with Crippen LogP contribution in [0.25, 0.3) is 0 Å². The molecule has 0 aliphatic rings. The van der Waals surface area contributed by atoms with Gasteiger partial charge in [-0.3, -0.25) is 10.1 Å². The number of hydrogen-bond donors (Lipinski definition) is 1. The van der Waals surface area contributed by atoms with Crippen LogP contribution in [-0.2, 0) is 7.05 Å². The first-order valence-corrected chi connectivity index (χ1v) is 5.84. The molecular formula is C10H8N4O4S. The lowest BCUT2D eigenvalue weighted by atomic mass is 10.2. The van der Waals surface area contributed by atoms with Gasteiger partial charge in [0, 0.05) is 24.1 Å². The topological polar surface area (TPSA) is 111 Å². The standard InChI is InChI=1S/C10H8N4O4S/c1-13-10(11-5-12-13)19-8-3-2-6(14(17)18)4-7(8)9(15)16/h2-5H,1H3,(H,15,16). The monoisotopic (exact) mass is 280 g/mol. The maximum atomic E-state index is 11.1. The second kappa shape index (κ2) is 5.06. The molecule has 0 unspecified atom stereocenters. The van der Waals surface area contributed by atoms with Gasteiger partial charge in [0.25, 0.3) is 5.69 Å². The summed E-state index contributed by atoms with van der Waals surface area (Å²) >= 11 is 1.08. The second-order valence-corrected chi connectivity index (χ2v) is 4.52. The fourth-order valence-electron chi connectivity index (χ4n) is 1.36. The van der Waals surface area contributed by atoms with Crippen molar-refractivity contribution < 1.29 is 14.8 Å². The summed E-state index contributed by atoms with van der Waals surface area (Å²) in [6.07, 6.45) is 1.34. The number of aromatic nitrogens is 3. The zero-order valence-electron chi connectivity index (χ0n) is 9.68. The molecule has 2 rings (SSSR count). The van der Waals surface area contributed by atoms with Crippen molar-refractivity contribution in [1.29, 1.82) is 0 Å². The highest BCUT2D eigenvalue weighted by Crippen LogP contribution is 2.31. The van der Waals surface area contributed by atoms with Gasteiger partial charge in [0.05, 0.1) is 10.5 Å². The van der Waals surface area contributed by atoms with Crippen LogP contribution in [0.2, 0.25) is 0 Å². The van der Waals surface area contributed by atoms with Gasteiger partial charge in [0.2, 0.25) is 0 Å². The SMILES string of the molecule is Cn1ncnc1Sc1ccc([N+](=O)[O-])cc1C(=O)O. The molecule has 1 N–H and O–H groups in total.